The van der Waals surface area contributed by atoms with E-state index in [0.29, 0.717) is 17.8 Å². The summed E-state index contributed by atoms with van der Waals surface area (Å²) in [4.78, 5) is 14.7. The molecule has 0 atom stereocenters. The summed E-state index contributed by atoms with van der Waals surface area (Å²) in [6, 6.07) is 0. The van der Waals surface area contributed by atoms with Crippen LogP contribution in [0.4, 0.5) is 0 Å². The Morgan fingerprint density at radius 3 is 2.37 bits per heavy atom. The van der Waals surface area contributed by atoms with Crippen molar-refractivity contribution in [2.75, 3.05) is 20.2 Å². The van der Waals surface area contributed by atoms with E-state index in [1.54, 1.807) is 27.7 Å². The number of H-pyrrole nitrogens is 1. The predicted molar refractivity (Wildman–Crippen MR) is 71.7 cm³/mol. The highest BCUT2D eigenvalue weighted by molar-refractivity contribution is 7.89. The Balaban J connectivity index is 3.36. The number of rotatable bonds is 5. The maximum atomic E-state index is 12.4. The molecule has 0 aromatic carbocycles. The lowest BCUT2D eigenvalue weighted by Crippen LogP contribution is -2.27. The molecule has 0 aliphatic heterocycles. The van der Waals surface area contributed by atoms with Gasteiger partial charge in [-0.25, -0.2) is 17.5 Å². The Morgan fingerprint density at radius 1 is 1.32 bits per heavy atom. The summed E-state index contributed by atoms with van der Waals surface area (Å²) in [5.41, 5.74) is 1.04. The van der Waals surface area contributed by atoms with Gasteiger partial charge in [0, 0.05) is 24.8 Å². The number of ether oxygens (including phenoxy) is 1. The third-order valence-corrected chi connectivity index (χ3v) is 5.17. The van der Waals surface area contributed by atoms with Crippen molar-refractivity contribution in [2.24, 2.45) is 0 Å². The highest BCUT2D eigenvalue weighted by Gasteiger charge is 2.29. The molecule has 0 aliphatic carbocycles. The molecule has 1 N–H and O–H groups in total. The summed E-state index contributed by atoms with van der Waals surface area (Å²) in [5, 5.41) is 0. The number of carbonyl (C=O) groups is 1. The van der Waals surface area contributed by atoms with Gasteiger partial charge in [0.15, 0.2) is 0 Å². The van der Waals surface area contributed by atoms with Gasteiger partial charge in [0.25, 0.3) is 0 Å². The number of aryl methyl sites for hydroxylation is 1. The van der Waals surface area contributed by atoms with Crippen molar-refractivity contribution in [2.45, 2.75) is 32.6 Å². The van der Waals surface area contributed by atoms with E-state index in [2.05, 4.69) is 4.98 Å². The van der Waals surface area contributed by atoms with Crippen molar-refractivity contribution >= 4 is 16.0 Å². The predicted octanol–water partition coefficient (Wildman–Crippen LogP) is 1.45. The van der Waals surface area contributed by atoms with E-state index in [-0.39, 0.29) is 17.2 Å². The third-order valence-electron chi connectivity index (χ3n) is 2.96. The van der Waals surface area contributed by atoms with Crippen LogP contribution in [0, 0.1) is 13.8 Å². The van der Waals surface area contributed by atoms with Gasteiger partial charge >= 0.3 is 5.97 Å². The van der Waals surface area contributed by atoms with Gasteiger partial charge in [-0.1, -0.05) is 6.92 Å². The minimum absolute atomic E-state index is 0.153. The molecule has 1 aromatic heterocycles. The zero-order valence-electron chi connectivity index (χ0n) is 11.9. The second kappa shape index (κ2) is 5.75. The Kier molecular flexibility index (Phi) is 4.75. The maximum absolute atomic E-state index is 12.4. The molecule has 1 heterocycles. The highest BCUT2D eigenvalue weighted by atomic mass is 32.2. The van der Waals surface area contributed by atoms with Crippen LogP contribution in [0.2, 0.25) is 0 Å². The molecular formula is C12H20N2O4S. The van der Waals surface area contributed by atoms with Crippen LogP contribution in [0.3, 0.4) is 0 Å². The number of aromatic amines is 1. The van der Waals surface area contributed by atoms with Crippen molar-refractivity contribution in [1.82, 2.24) is 9.29 Å². The SMILES string of the molecule is CCOC(=O)c1[nH]c(C)c(S(=O)(=O)N(C)CC)c1C. The first-order valence-electron chi connectivity index (χ1n) is 6.09. The normalized spacial score (nSPS) is 11.9. The zero-order chi connectivity index (χ0) is 14.8. The van der Waals surface area contributed by atoms with Crippen LogP contribution < -0.4 is 0 Å². The molecule has 108 valence electrons. The quantitative estimate of drug-likeness (QED) is 0.832. The molecule has 0 saturated heterocycles. The average molecular weight is 288 g/mol. The molecule has 19 heavy (non-hydrogen) atoms. The number of hydrogen-bond donors (Lipinski definition) is 1. The minimum atomic E-state index is -3.58. The molecule has 7 heteroatoms. The smallest absolute Gasteiger partial charge is 0.355 e. The summed E-state index contributed by atoms with van der Waals surface area (Å²) < 4.78 is 30.8. The zero-order valence-corrected chi connectivity index (χ0v) is 12.7. The first-order valence-corrected chi connectivity index (χ1v) is 7.53. The Labute approximate surface area is 113 Å². The Hall–Kier alpha value is -1.34. The number of carbonyl (C=O) groups excluding carboxylic acids is 1. The van der Waals surface area contributed by atoms with Gasteiger partial charge < -0.3 is 9.72 Å². The minimum Gasteiger partial charge on any atom is -0.461 e. The van der Waals surface area contributed by atoms with Crippen molar-refractivity contribution in [3.63, 3.8) is 0 Å². The number of hydrogen-bond acceptors (Lipinski definition) is 4. The lowest BCUT2D eigenvalue weighted by Gasteiger charge is -2.15. The number of sulfonamides is 1. The molecule has 0 bridgehead atoms. The molecular weight excluding hydrogens is 268 g/mol. The number of esters is 1. The fraction of sp³-hybridized carbons (Fsp3) is 0.583. The average Bonchev–Trinajstić information content (AvgIpc) is 2.64. The van der Waals surface area contributed by atoms with E-state index in [4.69, 9.17) is 4.74 Å². The van der Waals surface area contributed by atoms with Crippen molar-refractivity contribution in [3.05, 3.63) is 17.0 Å². The second-order valence-electron chi connectivity index (χ2n) is 4.22. The molecule has 0 saturated carbocycles. The molecule has 1 rings (SSSR count). The molecule has 0 spiro atoms. The molecule has 0 fully saturated rings. The Morgan fingerprint density at radius 2 is 1.89 bits per heavy atom. The van der Waals surface area contributed by atoms with Gasteiger partial charge in [0.1, 0.15) is 10.6 Å². The monoisotopic (exact) mass is 288 g/mol. The summed E-state index contributed by atoms with van der Waals surface area (Å²) >= 11 is 0. The Bertz CT molecular complexity index is 575. The van der Waals surface area contributed by atoms with E-state index in [1.807, 2.05) is 0 Å². The first-order chi connectivity index (χ1) is 8.77. The standard InChI is InChI=1S/C12H20N2O4S/c1-6-14(5)19(16,17)11-8(3)10(13-9(11)4)12(15)18-7-2/h13H,6-7H2,1-5H3. The van der Waals surface area contributed by atoms with E-state index in [0.717, 1.165) is 0 Å². The van der Waals surface area contributed by atoms with Crippen molar-refractivity contribution in [1.29, 1.82) is 0 Å². The number of nitrogens with zero attached hydrogens (tertiary/aromatic N) is 1. The molecule has 0 amide bonds. The van der Waals surface area contributed by atoms with Crippen LogP contribution in [0.15, 0.2) is 4.90 Å². The summed E-state index contributed by atoms with van der Waals surface area (Å²) in [5.74, 6) is -0.538. The second-order valence-corrected chi connectivity index (χ2v) is 6.20. The van der Waals surface area contributed by atoms with E-state index < -0.39 is 16.0 Å². The summed E-state index contributed by atoms with van der Waals surface area (Å²) in [6.45, 7) is 7.29. The van der Waals surface area contributed by atoms with Gasteiger partial charge in [-0.05, 0) is 20.8 Å². The molecule has 6 nitrogen and oxygen atoms in total. The fourth-order valence-electron chi connectivity index (χ4n) is 1.85. The molecule has 1 aromatic rings. The summed E-state index contributed by atoms with van der Waals surface area (Å²) in [6.07, 6.45) is 0. The molecule has 0 radical (unpaired) electrons. The number of nitrogens with one attached hydrogen (secondary N) is 1. The van der Waals surface area contributed by atoms with Gasteiger partial charge in [0.2, 0.25) is 10.0 Å². The van der Waals surface area contributed by atoms with Crippen LogP contribution in [0.25, 0.3) is 0 Å². The van der Waals surface area contributed by atoms with Crippen LogP contribution >= 0.6 is 0 Å². The van der Waals surface area contributed by atoms with E-state index in [9.17, 15) is 13.2 Å². The van der Waals surface area contributed by atoms with Gasteiger partial charge in [-0.2, -0.15) is 0 Å². The van der Waals surface area contributed by atoms with Crippen LogP contribution in [-0.2, 0) is 14.8 Å². The van der Waals surface area contributed by atoms with Crippen molar-refractivity contribution < 1.29 is 17.9 Å². The van der Waals surface area contributed by atoms with Gasteiger partial charge in [-0.3, -0.25) is 0 Å². The first kappa shape index (κ1) is 15.7. The lowest BCUT2D eigenvalue weighted by molar-refractivity contribution is 0.0519. The van der Waals surface area contributed by atoms with Gasteiger partial charge in [-0.15, -0.1) is 0 Å². The number of aromatic nitrogens is 1. The maximum Gasteiger partial charge on any atom is 0.355 e. The lowest BCUT2D eigenvalue weighted by atomic mass is 10.2. The van der Waals surface area contributed by atoms with Crippen LogP contribution in [0.5, 0.6) is 0 Å². The van der Waals surface area contributed by atoms with Gasteiger partial charge in [0.05, 0.1) is 6.61 Å². The highest BCUT2D eigenvalue weighted by Crippen LogP contribution is 2.26. The van der Waals surface area contributed by atoms with E-state index >= 15 is 0 Å². The van der Waals surface area contributed by atoms with E-state index in [1.165, 1.54) is 11.4 Å². The fourth-order valence-corrected chi connectivity index (χ4v) is 3.43. The van der Waals surface area contributed by atoms with Crippen LogP contribution in [-0.4, -0.2) is 43.9 Å². The molecule has 0 aliphatic rings. The summed E-state index contributed by atoms with van der Waals surface area (Å²) in [7, 11) is -2.08. The van der Waals surface area contributed by atoms with Crippen LogP contribution in [0.1, 0.15) is 35.6 Å². The third kappa shape index (κ3) is 2.82. The van der Waals surface area contributed by atoms with Crippen molar-refractivity contribution in [3.8, 4) is 0 Å². The molecule has 0 unspecified atom stereocenters. The largest absolute Gasteiger partial charge is 0.461 e. The topological polar surface area (TPSA) is 79.5 Å².